The first-order valence-corrected chi connectivity index (χ1v) is 7.36. The smallest absolute Gasteiger partial charge is 0.258 e. The molecule has 0 bridgehead atoms. The molecule has 6 heteroatoms. The van der Waals surface area contributed by atoms with Crippen molar-refractivity contribution in [2.75, 3.05) is 5.32 Å². The van der Waals surface area contributed by atoms with Crippen LogP contribution in [0.2, 0.25) is 13.7 Å². The molecule has 2 rings (SSSR count). The number of amides is 1. The summed E-state index contributed by atoms with van der Waals surface area (Å²) >= 11 is 19.1. The fourth-order valence-corrected chi connectivity index (χ4v) is 3.58. The van der Waals surface area contributed by atoms with Gasteiger partial charge < -0.3 is 5.32 Å². The highest BCUT2D eigenvalue weighted by atomic mass is 35.5. The van der Waals surface area contributed by atoms with Crippen LogP contribution in [0.15, 0.2) is 18.2 Å². The second-order valence-electron chi connectivity index (χ2n) is 4.13. The van der Waals surface area contributed by atoms with Crippen LogP contribution < -0.4 is 5.32 Å². The molecule has 0 spiro atoms. The molecule has 2 nitrogen and oxygen atoms in total. The third-order valence-corrected chi connectivity index (χ3v) is 4.36. The van der Waals surface area contributed by atoms with Crippen molar-refractivity contribution in [2.45, 2.75) is 13.8 Å². The Morgan fingerprint density at radius 3 is 2.37 bits per heavy atom. The second kappa shape index (κ2) is 5.71. The van der Waals surface area contributed by atoms with E-state index < -0.39 is 0 Å². The van der Waals surface area contributed by atoms with Crippen LogP contribution in [0.3, 0.4) is 0 Å². The number of anilines is 1. The van der Waals surface area contributed by atoms with Crippen LogP contribution in [0, 0.1) is 13.8 Å². The van der Waals surface area contributed by atoms with Crippen molar-refractivity contribution in [1.29, 1.82) is 0 Å². The van der Waals surface area contributed by atoms with Crippen LogP contribution in [0.4, 0.5) is 5.69 Å². The van der Waals surface area contributed by atoms with Gasteiger partial charge in [0.2, 0.25) is 0 Å². The summed E-state index contributed by atoms with van der Waals surface area (Å²) in [4.78, 5) is 12.1. The normalized spacial score (nSPS) is 10.6. The molecule has 0 aliphatic rings. The van der Waals surface area contributed by atoms with Gasteiger partial charge in [-0.1, -0.05) is 40.9 Å². The number of carbonyl (C=O) groups is 1. The maximum Gasteiger partial charge on any atom is 0.258 e. The van der Waals surface area contributed by atoms with Gasteiger partial charge in [-0.25, -0.2) is 0 Å². The zero-order chi connectivity index (χ0) is 14.2. The summed E-state index contributed by atoms with van der Waals surface area (Å²) < 4.78 is 0.838. The molecule has 0 atom stereocenters. The molecule has 0 unspecified atom stereocenters. The van der Waals surface area contributed by atoms with Gasteiger partial charge in [0.05, 0.1) is 20.6 Å². The topological polar surface area (TPSA) is 29.1 Å². The van der Waals surface area contributed by atoms with Crippen molar-refractivity contribution in [2.24, 2.45) is 0 Å². The Balaban J connectivity index is 2.32. The van der Waals surface area contributed by atoms with Gasteiger partial charge in [0, 0.05) is 0 Å². The summed E-state index contributed by atoms with van der Waals surface area (Å²) in [6, 6.07) is 5.29. The quantitative estimate of drug-likeness (QED) is 0.763. The first kappa shape index (κ1) is 14.7. The van der Waals surface area contributed by atoms with Gasteiger partial charge in [-0.2, -0.15) is 0 Å². The number of aryl methyl sites for hydroxylation is 2. The van der Waals surface area contributed by atoms with E-state index in [1.54, 1.807) is 12.1 Å². The van der Waals surface area contributed by atoms with Crippen LogP contribution in [-0.2, 0) is 0 Å². The summed E-state index contributed by atoms with van der Waals surface area (Å²) in [6.45, 7) is 3.83. The van der Waals surface area contributed by atoms with Gasteiger partial charge in [0.1, 0.15) is 4.34 Å². The Hall–Kier alpha value is -0.740. The van der Waals surface area contributed by atoms with Crippen LogP contribution in [0.25, 0.3) is 0 Å². The lowest BCUT2D eigenvalue weighted by atomic mass is 10.1. The number of hydrogen-bond acceptors (Lipinski definition) is 2. The zero-order valence-electron chi connectivity index (χ0n) is 10.2. The molecule has 1 aromatic carbocycles. The summed E-state index contributed by atoms with van der Waals surface area (Å²) in [5, 5.41) is 3.27. The standard InChI is InChI=1S/C13H10Cl3NOS/c1-6-3-7(2)11(9(14)4-6)17-13(18)8-5-10(15)19-12(8)16/h3-5H,1-2H3,(H,17,18). The monoisotopic (exact) mass is 333 g/mol. The van der Waals surface area contributed by atoms with E-state index >= 15 is 0 Å². The molecule has 1 N–H and O–H groups in total. The highest BCUT2D eigenvalue weighted by molar-refractivity contribution is 7.20. The molecule has 1 amide bonds. The minimum atomic E-state index is -0.318. The lowest BCUT2D eigenvalue weighted by Crippen LogP contribution is -2.12. The zero-order valence-corrected chi connectivity index (χ0v) is 13.3. The van der Waals surface area contributed by atoms with E-state index in [0.29, 0.717) is 24.9 Å². The van der Waals surface area contributed by atoms with Crippen molar-refractivity contribution < 1.29 is 4.79 Å². The van der Waals surface area contributed by atoms with Gasteiger partial charge in [0.25, 0.3) is 5.91 Å². The summed E-state index contributed by atoms with van der Waals surface area (Å²) in [7, 11) is 0. The fourth-order valence-electron chi connectivity index (χ4n) is 1.75. The average molecular weight is 335 g/mol. The molecule has 2 aromatic rings. The van der Waals surface area contributed by atoms with Crippen LogP contribution in [0.1, 0.15) is 21.5 Å². The highest BCUT2D eigenvalue weighted by Gasteiger charge is 2.16. The molecular weight excluding hydrogens is 325 g/mol. The highest BCUT2D eigenvalue weighted by Crippen LogP contribution is 2.33. The maximum absolute atomic E-state index is 12.1. The van der Waals surface area contributed by atoms with E-state index in [9.17, 15) is 4.79 Å². The van der Waals surface area contributed by atoms with E-state index in [4.69, 9.17) is 34.8 Å². The molecular formula is C13H10Cl3NOS. The van der Waals surface area contributed by atoms with Crippen molar-refractivity contribution in [3.05, 3.63) is 48.6 Å². The molecule has 0 aliphatic heterocycles. The third-order valence-electron chi connectivity index (χ3n) is 2.57. The van der Waals surface area contributed by atoms with Crippen molar-refractivity contribution >= 4 is 57.7 Å². The molecule has 19 heavy (non-hydrogen) atoms. The Bertz CT molecular complexity index is 628. The molecule has 0 fully saturated rings. The number of hydrogen-bond donors (Lipinski definition) is 1. The average Bonchev–Trinajstić information content (AvgIpc) is 2.62. The first-order valence-electron chi connectivity index (χ1n) is 5.41. The summed E-state index contributed by atoms with van der Waals surface area (Å²) in [6.07, 6.45) is 0. The van der Waals surface area contributed by atoms with Crippen LogP contribution in [-0.4, -0.2) is 5.91 Å². The first-order chi connectivity index (χ1) is 8.88. The molecule has 0 saturated heterocycles. The fraction of sp³-hybridized carbons (Fsp3) is 0.154. The van der Waals surface area contributed by atoms with Gasteiger partial charge in [-0.05, 0) is 37.1 Å². The minimum Gasteiger partial charge on any atom is -0.320 e. The number of thiophene rings is 1. The molecule has 0 radical (unpaired) electrons. The third kappa shape index (κ3) is 3.23. The largest absolute Gasteiger partial charge is 0.320 e. The van der Waals surface area contributed by atoms with Crippen molar-refractivity contribution in [1.82, 2.24) is 0 Å². The lowest BCUT2D eigenvalue weighted by Gasteiger charge is -2.11. The molecule has 0 saturated carbocycles. The van der Waals surface area contributed by atoms with Gasteiger partial charge >= 0.3 is 0 Å². The number of halogens is 3. The number of carbonyl (C=O) groups excluding carboxylic acids is 1. The summed E-state index contributed by atoms with van der Waals surface area (Å²) in [5.41, 5.74) is 2.89. The van der Waals surface area contributed by atoms with E-state index in [-0.39, 0.29) is 5.91 Å². The van der Waals surface area contributed by atoms with Gasteiger partial charge in [-0.3, -0.25) is 4.79 Å². The van der Waals surface area contributed by atoms with E-state index in [1.165, 1.54) is 0 Å². The maximum atomic E-state index is 12.1. The Labute approximate surface area is 130 Å². The predicted octanol–water partition coefficient (Wildman–Crippen LogP) is 5.58. The Kier molecular flexibility index (Phi) is 4.41. The van der Waals surface area contributed by atoms with E-state index in [2.05, 4.69) is 5.32 Å². The van der Waals surface area contributed by atoms with Crippen LogP contribution in [0.5, 0.6) is 0 Å². The Morgan fingerprint density at radius 1 is 1.16 bits per heavy atom. The number of rotatable bonds is 2. The molecule has 1 heterocycles. The molecule has 1 aromatic heterocycles. The predicted molar refractivity (Wildman–Crippen MR) is 83.2 cm³/mol. The van der Waals surface area contributed by atoms with Crippen molar-refractivity contribution in [3.63, 3.8) is 0 Å². The SMILES string of the molecule is Cc1cc(C)c(NC(=O)c2cc(Cl)sc2Cl)c(Cl)c1. The lowest BCUT2D eigenvalue weighted by molar-refractivity contribution is 0.102. The molecule has 100 valence electrons. The summed E-state index contributed by atoms with van der Waals surface area (Å²) in [5.74, 6) is -0.318. The van der Waals surface area contributed by atoms with E-state index in [1.807, 2.05) is 19.9 Å². The van der Waals surface area contributed by atoms with Gasteiger partial charge in [-0.15, -0.1) is 11.3 Å². The van der Waals surface area contributed by atoms with E-state index in [0.717, 1.165) is 22.5 Å². The molecule has 0 aliphatic carbocycles. The van der Waals surface area contributed by atoms with Gasteiger partial charge in [0.15, 0.2) is 0 Å². The van der Waals surface area contributed by atoms with Crippen LogP contribution >= 0.6 is 46.1 Å². The second-order valence-corrected chi connectivity index (χ2v) is 6.82. The van der Waals surface area contributed by atoms with Crippen molar-refractivity contribution in [3.8, 4) is 0 Å². The number of nitrogens with one attached hydrogen (secondary N) is 1. The minimum absolute atomic E-state index is 0.318. The number of benzene rings is 1. The Morgan fingerprint density at radius 2 is 1.84 bits per heavy atom.